The van der Waals surface area contributed by atoms with Crippen molar-refractivity contribution in [2.24, 2.45) is 5.10 Å². The first kappa shape index (κ1) is 19.5. The Morgan fingerprint density at radius 1 is 1.12 bits per heavy atom. The van der Waals surface area contributed by atoms with Crippen LogP contribution in [0.3, 0.4) is 0 Å². The van der Waals surface area contributed by atoms with E-state index in [1.54, 1.807) is 50.2 Å². The minimum absolute atomic E-state index is 0.0113. The van der Waals surface area contributed by atoms with Crippen molar-refractivity contribution in [2.45, 2.75) is 26.7 Å². The third kappa shape index (κ3) is 5.89. The highest BCUT2D eigenvalue weighted by Crippen LogP contribution is 2.22. The molecule has 0 aliphatic rings. The Hall–Kier alpha value is -2.86. The number of carbonyl (C=O) groups excluding carboxylic acids is 2. The first-order valence-electron chi connectivity index (χ1n) is 8.02. The van der Waals surface area contributed by atoms with Gasteiger partial charge in [0.2, 0.25) is 11.8 Å². The highest BCUT2D eigenvalue weighted by Gasteiger charge is 2.07. The standard InChI is InChI=1S/C19H20ClN3O3/c1-12-8-14(9-13(2)19(12)26)11-21-23-18(25)7-6-17(24)22-16-5-3-4-15(20)10-16/h3-5,8-11,26H,6-7H2,1-2H3,(H,22,24)(H,23,25)/b21-11+. The van der Waals surface area contributed by atoms with Crippen LogP contribution in [0.25, 0.3) is 0 Å². The first-order chi connectivity index (χ1) is 12.3. The number of amides is 2. The molecule has 26 heavy (non-hydrogen) atoms. The van der Waals surface area contributed by atoms with Crippen molar-refractivity contribution >= 4 is 35.3 Å². The van der Waals surface area contributed by atoms with E-state index in [9.17, 15) is 14.7 Å². The van der Waals surface area contributed by atoms with Crippen molar-refractivity contribution in [3.05, 3.63) is 58.1 Å². The second-order valence-corrected chi connectivity index (χ2v) is 6.29. The molecule has 2 aromatic carbocycles. The van der Waals surface area contributed by atoms with Crippen molar-refractivity contribution < 1.29 is 14.7 Å². The van der Waals surface area contributed by atoms with Crippen LogP contribution in [0.5, 0.6) is 5.75 Å². The molecule has 3 N–H and O–H groups in total. The number of hydrogen-bond donors (Lipinski definition) is 3. The minimum atomic E-state index is -0.366. The fraction of sp³-hybridized carbons (Fsp3) is 0.211. The Bertz CT molecular complexity index is 827. The molecule has 0 saturated carbocycles. The number of aromatic hydroxyl groups is 1. The lowest BCUT2D eigenvalue weighted by atomic mass is 10.1. The summed E-state index contributed by atoms with van der Waals surface area (Å²) in [6, 6.07) is 10.3. The van der Waals surface area contributed by atoms with E-state index < -0.39 is 0 Å². The number of benzene rings is 2. The third-order valence-electron chi connectivity index (χ3n) is 3.60. The van der Waals surface area contributed by atoms with E-state index in [2.05, 4.69) is 15.8 Å². The zero-order valence-corrected chi connectivity index (χ0v) is 15.3. The number of aryl methyl sites for hydroxylation is 2. The van der Waals surface area contributed by atoms with E-state index in [4.69, 9.17) is 11.6 Å². The molecule has 0 unspecified atom stereocenters. The highest BCUT2D eigenvalue weighted by molar-refractivity contribution is 6.30. The van der Waals surface area contributed by atoms with Crippen molar-refractivity contribution in [3.8, 4) is 5.75 Å². The molecule has 0 aliphatic carbocycles. The van der Waals surface area contributed by atoms with Gasteiger partial charge in [-0.25, -0.2) is 5.43 Å². The van der Waals surface area contributed by atoms with Gasteiger partial charge in [-0.1, -0.05) is 17.7 Å². The van der Waals surface area contributed by atoms with E-state index in [-0.39, 0.29) is 30.4 Å². The lowest BCUT2D eigenvalue weighted by Gasteiger charge is -2.05. The van der Waals surface area contributed by atoms with Crippen LogP contribution in [0.1, 0.15) is 29.5 Å². The highest BCUT2D eigenvalue weighted by atomic mass is 35.5. The van der Waals surface area contributed by atoms with Gasteiger partial charge in [0.05, 0.1) is 6.21 Å². The van der Waals surface area contributed by atoms with E-state index in [1.807, 2.05) is 0 Å². The van der Waals surface area contributed by atoms with Crippen molar-refractivity contribution in [1.29, 1.82) is 0 Å². The van der Waals surface area contributed by atoms with Crippen LogP contribution < -0.4 is 10.7 Å². The van der Waals surface area contributed by atoms with Crippen molar-refractivity contribution in [3.63, 3.8) is 0 Å². The molecular weight excluding hydrogens is 354 g/mol. The number of phenols is 1. The van der Waals surface area contributed by atoms with Crippen LogP contribution in [0.15, 0.2) is 41.5 Å². The average molecular weight is 374 g/mol. The Balaban J connectivity index is 1.79. The van der Waals surface area contributed by atoms with E-state index in [0.717, 1.165) is 16.7 Å². The number of hydrogen-bond acceptors (Lipinski definition) is 4. The lowest BCUT2D eigenvalue weighted by Crippen LogP contribution is -2.20. The van der Waals surface area contributed by atoms with Gasteiger partial charge in [0.1, 0.15) is 5.75 Å². The van der Waals surface area contributed by atoms with Gasteiger partial charge in [0.25, 0.3) is 0 Å². The fourth-order valence-corrected chi connectivity index (χ4v) is 2.51. The van der Waals surface area contributed by atoms with Gasteiger partial charge in [-0.05, 0) is 60.9 Å². The molecule has 0 aliphatic heterocycles. The molecule has 0 saturated heterocycles. The maximum absolute atomic E-state index is 11.8. The molecule has 7 heteroatoms. The van der Waals surface area contributed by atoms with Crippen LogP contribution in [-0.2, 0) is 9.59 Å². The normalized spacial score (nSPS) is 10.7. The molecule has 2 aromatic rings. The number of nitrogens with zero attached hydrogens (tertiary/aromatic N) is 1. The van der Waals surface area contributed by atoms with Gasteiger partial charge in [-0.15, -0.1) is 0 Å². The van der Waals surface area contributed by atoms with Gasteiger partial charge in [-0.2, -0.15) is 5.10 Å². The summed E-state index contributed by atoms with van der Waals surface area (Å²) in [6.07, 6.45) is 1.53. The number of phenolic OH excluding ortho intramolecular Hbond substituents is 1. The van der Waals surface area contributed by atoms with Gasteiger partial charge < -0.3 is 10.4 Å². The van der Waals surface area contributed by atoms with Crippen LogP contribution in [0, 0.1) is 13.8 Å². The molecule has 0 atom stereocenters. The zero-order valence-electron chi connectivity index (χ0n) is 14.5. The van der Waals surface area contributed by atoms with Crippen molar-refractivity contribution in [2.75, 3.05) is 5.32 Å². The molecule has 6 nitrogen and oxygen atoms in total. The molecule has 136 valence electrons. The Morgan fingerprint density at radius 2 is 1.77 bits per heavy atom. The zero-order chi connectivity index (χ0) is 19.1. The molecule has 0 aromatic heterocycles. The van der Waals surface area contributed by atoms with Gasteiger partial charge in [-0.3, -0.25) is 9.59 Å². The smallest absolute Gasteiger partial charge is 0.240 e. The maximum Gasteiger partial charge on any atom is 0.240 e. The van der Waals surface area contributed by atoms with Gasteiger partial charge >= 0.3 is 0 Å². The summed E-state index contributed by atoms with van der Waals surface area (Å²) in [5, 5.41) is 16.8. The molecule has 0 heterocycles. The number of rotatable bonds is 6. The SMILES string of the molecule is Cc1cc(/C=N/NC(=O)CCC(=O)Nc2cccc(Cl)c2)cc(C)c1O. The fourth-order valence-electron chi connectivity index (χ4n) is 2.32. The molecule has 0 radical (unpaired) electrons. The van der Waals surface area contributed by atoms with Gasteiger partial charge in [0, 0.05) is 23.6 Å². The summed E-state index contributed by atoms with van der Waals surface area (Å²) >= 11 is 5.85. The minimum Gasteiger partial charge on any atom is -0.507 e. The van der Waals surface area contributed by atoms with Crippen molar-refractivity contribution in [1.82, 2.24) is 5.43 Å². The van der Waals surface area contributed by atoms with Gasteiger partial charge in [0.15, 0.2) is 0 Å². The summed E-state index contributed by atoms with van der Waals surface area (Å²) in [7, 11) is 0. The Morgan fingerprint density at radius 3 is 2.42 bits per heavy atom. The maximum atomic E-state index is 11.8. The first-order valence-corrected chi connectivity index (χ1v) is 8.40. The monoisotopic (exact) mass is 373 g/mol. The summed E-state index contributed by atoms with van der Waals surface area (Å²) in [6.45, 7) is 3.58. The quantitative estimate of drug-likeness (QED) is 0.534. The number of halogens is 1. The topological polar surface area (TPSA) is 90.8 Å². The largest absolute Gasteiger partial charge is 0.507 e. The van der Waals surface area contributed by atoms with E-state index in [1.165, 1.54) is 6.21 Å². The molecule has 0 fully saturated rings. The second kappa shape index (κ2) is 9.01. The number of hydrazone groups is 1. The average Bonchev–Trinajstić information content (AvgIpc) is 2.58. The molecule has 0 bridgehead atoms. The number of carbonyl (C=O) groups is 2. The Kier molecular flexibility index (Phi) is 6.74. The predicted molar refractivity (Wildman–Crippen MR) is 103 cm³/mol. The molecule has 2 amide bonds. The lowest BCUT2D eigenvalue weighted by molar-refractivity contribution is -0.124. The molecular formula is C19H20ClN3O3. The van der Waals surface area contributed by atoms with Crippen LogP contribution in [-0.4, -0.2) is 23.1 Å². The summed E-state index contributed by atoms with van der Waals surface area (Å²) < 4.78 is 0. The molecule has 2 rings (SSSR count). The van der Waals surface area contributed by atoms with E-state index >= 15 is 0 Å². The summed E-state index contributed by atoms with van der Waals surface area (Å²) in [5.41, 5.74) is 5.19. The third-order valence-corrected chi connectivity index (χ3v) is 3.84. The summed E-state index contributed by atoms with van der Waals surface area (Å²) in [5.74, 6) is -0.400. The van der Waals surface area contributed by atoms with Crippen LogP contribution in [0.2, 0.25) is 5.02 Å². The Labute approximate surface area is 156 Å². The number of nitrogens with one attached hydrogen (secondary N) is 2. The van der Waals surface area contributed by atoms with E-state index in [0.29, 0.717) is 10.7 Å². The van der Waals surface area contributed by atoms with Crippen LogP contribution >= 0.6 is 11.6 Å². The summed E-state index contributed by atoms with van der Waals surface area (Å²) in [4.78, 5) is 23.6. The predicted octanol–water partition coefficient (Wildman–Crippen LogP) is 3.53. The number of anilines is 1. The van der Waals surface area contributed by atoms with Crippen LogP contribution in [0.4, 0.5) is 5.69 Å². The molecule has 0 spiro atoms. The second-order valence-electron chi connectivity index (χ2n) is 5.86.